The van der Waals surface area contributed by atoms with E-state index in [1.165, 1.54) is 98.1 Å². The molecule has 2 spiro atoms. The first-order valence-corrected chi connectivity index (χ1v) is 22.1. The molecule has 0 amide bonds. The molecule has 2 aromatic rings. The number of nitrogen functional groups attached to an aromatic ring is 2. The average molecular weight is 753 g/mol. The fourth-order valence-corrected chi connectivity index (χ4v) is 10.3. The van der Waals surface area contributed by atoms with Gasteiger partial charge in [-0.1, -0.05) is 37.4 Å². The molecular weight excluding hydrogens is 709 g/mol. The first-order valence-electron chi connectivity index (χ1n) is 15.5. The van der Waals surface area contributed by atoms with Gasteiger partial charge in [-0.05, 0) is 93.0 Å². The minimum Gasteiger partial charge on any atom is -0.399 e. The van der Waals surface area contributed by atoms with Gasteiger partial charge >= 0.3 is 0 Å². The zero-order valence-corrected chi connectivity index (χ0v) is 31.6. The fourth-order valence-electron chi connectivity index (χ4n) is 5.88. The number of hydrogen-bond donors (Lipinski definition) is 2. The lowest BCUT2D eigenvalue weighted by atomic mass is 9.88. The summed E-state index contributed by atoms with van der Waals surface area (Å²) in [6, 6.07) is 12.0. The molecule has 0 unspecified atom stereocenters. The van der Waals surface area contributed by atoms with Crippen LogP contribution >= 0.6 is 35.3 Å². The van der Waals surface area contributed by atoms with Gasteiger partial charge in [-0.3, -0.25) is 0 Å². The Balaban J connectivity index is 0.000000179. The summed E-state index contributed by atoms with van der Waals surface area (Å²) in [6.07, 6.45) is 17.6. The summed E-state index contributed by atoms with van der Waals surface area (Å²) in [4.78, 5) is 0.291. The first-order chi connectivity index (χ1) is 22.8. The largest absolute Gasteiger partial charge is 0.399 e. The molecule has 262 valence electrons. The summed E-state index contributed by atoms with van der Waals surface area (Å²) in [5, 5.41) is 14.6. The van der Waals surface area contributed by atoms with Crippen LogP contribution in [0.15, 0.2) is 82.4 Å². The van der Waals surface area contributed by atoms with Crippen LogP contribution in [0.3, 0.4) is 0 Å². The molecule has 0 radical (unpaired) electrons. The Bertz CT molecular complexity index is 1700. The van der Waals surface area contributed by atoms with Gasteiger partial charge < -0.3 is 11.5 Å². The normalized spacial score (nSPS) is 19.2. The molecule has 12 nitrogen and oxygen atoms in total. The zero-order valence-electron chi connectivity index (χ0n) is 27.5. The fraction of sp³-hybridized carbons (Fsp3) is 0.516. The quantitative estimate of drug-likeness (QED) is 0.196. The van der Waals surface area contributed by atoms with Crippen molar-refractivity contribution < 1.29 is 16.8 Å². The van der Waals surface area contributed by atoms with Crippen LogP contribution in [0, 0.1) is 10.8 Å². The minimum absolute atomic E-state index is 0.0987. The van der Waals surface area contributed by atoms with Crippen molar-refractivity contribution >= 4 is 82.5 Å². The zero-order chi connectivity index (χ0) is 34.8. The average Bonchev–Trinajstić information content (AvgIpc) is 3.91. The summed E-state index contributed by atoms with van der Waals surface area (Å²) < 4.78 is 56.8. The number of sulfonamides is 2. The maximum Gasteiger partial charge on any atom is 0.284 e. The lowest BCUT2D eigenvalue weighted by Gasteiger charge is -2.22. The second-order valence-electron chi connectivity index (χ2n) is 12.1. The van der Waals surface area contributed by atoms with Crippen molar-refractivity contribution in [2.24, 2.45) is 35.0 Å². The Morgan fingerprint density at radius 2 is 1.17 bits per heavy atom. The van der Waals surface area contributed by atoms with Gasteiger partial charge in [0.2, 0.25) is 0 Å². The van der Waals surface area contributed by atoms with Crippen molar-refractivity contribution in [1.29, 1.82) is 0 Å². The molecular formula is C31H44N8O4S5. The van der Waals surface area contributed by atoms with Gasteiger partial charge in [0.1, 0.15) is 4.38 Å². The van der Waals surface area contributed by atoms with Crippen LogP contribution in [-0.2, 0) is 20.0 Å². The number of amidine groups is 1. The van der Waals surface area contributed by atoms with E-state index in [0.29, 0.717) is 32.9 Å². The molecule has 48 heavy (non-hydrogen) atoms. The summed E-state index contributed by atoms with van der Waals surface area (Å²) in [5.74, 6) is 0. The van der Waals surface area contributed by atoms with E-state index < -0.39 is 20.0 Å². The molecule has 0 aromatic heterocycles. The second-order valence-corrected chi connectivity index (χ2v) is 17.9. The number of nitrogens with zero attached hydrogens (tertiary/aromatic N) is 6. The second kappa shape index (κ2) is 16.9. The molecule has 4 aliphatic rings. The topological polar surface area (TPSA) is 185 Å². The highest BCUT2D eigenvalue weighted by Crippen LogP contribution is 2.41. The molecule has 2 saturated carbocycles. The number of thioether (sulfide) groups is 3. The number of hydrogen-bond acceptors (Lipinski definition) is 12. The number of azo groups is 1. The maximum atomic E-state index is 12.5. The Kier molecular flexibility index (Phi) is 13.4. The van der Waals surface area contributed by atoms with Crippen molar-refractivity contribution in [1.82, 2.24) is 5.01 Å². The lowest BCUT2D eigenvalue weighted by molar-refractivity contribution is 0.352. The van der Waals surface area contributed by atoms with Crippen molar-refractivity contribution in [3.8, 4) is 0 Å². The third-order valence-electron chi connectivity index (χ3n) is 8.61. The first kappa shape index (κ1) is 38.2. The molecule has 17 heteroatoms. The van der Waals surface area contributed by atoms with Gasteiger partial charge in [-0.25, -0.2) is 5.01 Å². The summed E-state index contributed by atoms with van der Waals surface area (Å²) in [7, 11) is -7.37. The number of anilines is 2. The van der Waals surface area contributed by atoms with E-state index in [4.69, 9.17) is 11.5 Å². The van der Waals surface area contributed by atoms with E-state index in [2.05, 4.69) is 24.1 Å². The van der Waals surface area contributed by atoms with Gasteiger partial charge in [0, 0.05) is 28.4 Å². The molecule has 2 aliphatic carbocycles. The van der Waals surface area contributed by atoms with Crippen molar-refractivity contribution in [2.75, 3.05) is 49.9 Å². The summed E-state index contributed by atoms with van der Waals surface area (Å²) in [5.41, 5.74) is 12.8. The maximum absolute atomic E-state index is 12.5. The van der Waals surface area contributed by atoms with E-state index in [-0.39, 0.29) is 15.2 Å². The van der Waals surface area contributed by atoms with Crippen molar-refractivity contribution in [3.05, 3.63) is 48.5 Å². The van der Waals surface area contributed by atoms with Crippen LogP contribution in [0.1, 0.15) is 51.4 Å². The molecule has 0 bridgehead atoms. The van der Waals surface area contributed by atoms with E-state index in [1.54, 1.807) is 41.8 Å². The van der Waals surface area contributed by atoms with Gasteiger partial charge in [0.25, 0.3) is 20.0 Å². The Labute approximate surface area is 297 Å². The third kappa shape index (κ3) is 10.2. The smallest absolute Gasteiger partial charge is 0.284 e. The van der Waals surface area contributed by atoms with Gasteiger partial charge in [-0.15, -0.1) is 32.3 Å². The van der Waals surface area contributed by atoms with Gasteiger partial charge in [0.15, 0.2) is 5.17 Å². The number of benzene rings is 2. The van der Waals surface area contributed by atoms with Crippen LogP contribution in [0.5, 0.6) is 0 Å². The van der Waals surface area contributed by atoms with E-state index in [9.17, 15) is 16.8 Å². The Hall–Kier alpha value is -2.60. The highest BCUT2D eigenvalue weighted by Gasteiger charge is 2.39. The highest BCUT2D eigenvalue weighted by atomic mass is 32.2. The van der Waals surface area contributed by atoms with E-state index in [0.717, 1.165) is 25.9 Å². The summed E-state index contributed by atoms with van der Waals surface area (Å²) in [6.45, 7) is 2.75. The minimum atomic E-state index is -3.76. The molecule has 2 aromatic carbocycles. The van der Waals surface area contributed by atoms with Crippen molar-refractivity contribution in [2.45, 2.75) is 61.2 Å². The molecule has 0 atom stereocenters. The molecule has 0 saturated heterocycles. The molecule has 4 N–H and O–H groups in total. The molecule has 2 fully saturated rings. The monoisotopic (exact) mass is 752 g/mol. The Morgan fingerprint density at radius 3 is 1.62 bits per heavy atom. The van der Waals surface area contributed by atoms with E-state index in [1.807, 2.05) is 12.5 Å². The number of nitrogens with two attached hydrogens (primary N) is 2. The summed E-state index contributed by atoms with van der Waals surface area (Å²) >= 11 is 3.90. The number of hydrazone groups is 1. The standard InChI is InChI=1S/C15H20N4O2S2.C9H12N2O2S3.C7H12N2/c1-22-14(19-11-15(10-17-19)8-2-3-9-15)18-23(20,21)13-6-4-12(16)5-7-13;1-14-9(15-2)11-16(12,13)8-5-3-7(10)4-6-8;1-2-4-7(3-1)5-8-9-6-7/h4-7,10H,2-3,8-9,11,16H2,1H3;3-6H,10H2,1-2H3;1-6H2. The highest BCUT2D eigenvalue weighted by molar-refractivity contribution is 8.38. The van der Waals surface area contributed by atoms with Crippen LogP contribution in [0.2, 0.25) is 0 Å². The van der Waals surface area contributed by atoms with Crippen molar-refractivity contribution in [3.63, 3.8) is 0 Å². The molecule has 2 aliphatic heterocycles. The lowest BCUT2D eigenvalue weighted by Crippen LogP contribution is -2.30. The van der Waals surface area contributed by atoms with Crippen LogP contribution in [-0.4, -0.2) is 76.0 Å². The predicted molar refractivity (Wildman–Crippen MR) is 203 cm³/mol. The van der Waals surface area contributed by atoms with Crippen LogP contribution < -0.4 is 11.5 Å². The number of rotatable bonds is 4. The van der Waals surface area contributed by atoms with Gasteiger partial charge in [-0.2, -0.15) is 32.2 Å². The van der Waals surface area contributed by atoms with Crippen LogP contribution in [0.4, 0.5) is 11.4 Å². The molecule has 2 heterocycles. The van der Waals surface area contributed by atoms with E-state index >= 15 is 0 Å². The predicted octanol–water partition coefficient (Wildman–Crippen LogP) is 6.59. The van der Waals surface area contributed by atoms with Crippen LogP contribution in [0.25, 0.3) is 0 Å². The Morgan fingerprint density at radius 1 is 0.708 bits per heavy atom. The van der Waals surface area contributed by atoms with Gasteiger partial charge in [0.05, 0.1) is 29.4 Å². The molecule has 6 rings (SSSR count). The third-order valence-corrected chi connectivity index (χ3v) is 14.1. The SMILES string of the molecule is C1CCC2(C1)CN=NC2.CSC(=NS(=O)(=O)c1ccc(N)cc1)N1CC2(C=N1)CCCC2.CSC(=NS(=O)(=O)c1ccc(N)cc1)SC.